The first kappa shape index (κ1) is 13.2. The minimum atomic E-state index is -0.0608. The third kappa shape index (κ3) is 3.63. The smallest absolute Gasteiger partial charge is 0.214 e. The maximum atomic E-state index is 5.89. The molecular weight excluding hydrogens is 230 g/mol. The molecule has 0 N–H and O–H groups in total. The van der Waals surface area contributed by atoms with Crippen LogP contribution in [0, 0.1) is 0 Å². The Morgan fingerprint density at radius 1 is 1.38 bits per heavy atom. The zero-order valence-electron chi connectivity index (χ0n) is 9.70. The van der Waals surface area contributed by atoms with E-state index >= 15 is 0 Å². The summed E-state index contributed by atoms with van der Waals surface area (Å²) in [6, 6.07) is 3.59. The minimum absolute atomic E-state index is 0.0608. The lowest BCUT2D eigenvalue weighted by Gasteiger charge is -2.16. The average Bonchev–Trinajstić information content (AvgIpc) is 2.29. The Balaban J connectivity index is 2.86. The van der Waals surface area contributed by atoms with E-state index in [4.69, 9.17) is 25.8 Å². The van der Waals surface area contributed by atoms with Gasteiger partial charge in [-0.15, -0.1) is 0 Å². The Kier molecular flexibility index (Phi) is 5.52. The third-order valence-corrected chi connectivity index (χ3v) is 2.33. The molecule has 1 heterocycles. The van der Waals surface area contributed by atoms with Gasteiger partial charge in [0.1, 0.15) is 11.9 Å². The molecule has 0 spiro atoms. The van der Waals surface area contributed by atoms with Crippen LogP contribution in [-0.2, 0) is 9.47 Å². The largest absolute Gasteiger partial charge is 0.481 e. The Morgan fingerprint density at radius 3 is 2.69 bits per heavy atom. The van der Waals surface area contributed by atoms with E-state index in [0.717, 1.165) is 12.0 Å². The molecule has 5 heteroatoms. The molecule has 0 amide bonds. The first-order valence-electron chi connectivity index (χ1n) is 5.03. The number of ether oxygens (including phenoxy) is 3. The SMILES string of the molecule is CCC(OCOC)c1cc(Cl)nc(OC)c1. The van der Waals surface area contributed by atoms with E-state index < -0.39 is 0 Å². The van der Waals surface area contributed by atoms with E-state index in [0.29, 0.717) is 11.0 Å². The van der Waals surface area contributed by atoms with Crippen LogP contribution in [0.4, 0.5) is 0 Å². The molecule has 0 aromatic carbocycles. The highest BCUT2D eigenvalue weighted by Gasteiger charge is 2.12. The van der Waals surface area contributed by atoms with Crippen LogP contribution in [-0.4, -0.2) is 26.0 Å². The second-order valence-corrected chi connectivity index (χ2v) is 3.62. The van der Waals surface area contributed by atoms with Gasteiger partial charge in [0.15, 0.2) is 0 Å². The lowest BCUT2D eigenvalue weighted by Crippen LogP contribution is -2.06. The molecule has 0 aliphatic heterocycles. The molecule has 0 aliphatic rings. The van der Waals surface area contributed by atoms with Crippen molar-refractivity contribution in [3.63, 3.8) is 0 Å². The fourth-order valence-corrected chi connectivity index (χ4v) is 1.59. The second kappa shape index (κ2) is 6.68. The summed E-state index contributed by atoms with van der Waals surface area (Å²) in [7, 11) is 3.15. The number of pyridine rings is 1. The standard InChI is InChI=1S/C11H16ClNO3/c1-4-9(16-7-14-2)8-5-10(12)13-11(6-8)15-3/h5-6,9H,4,7H2,1-3H3. The fourth-order valence-electron chi connectivity index (χ4n) is 1.38. The van der Waals surface area contributed by atoms with Gasteiger partial charge in [-0.25, -0.2) is 4.98 Å². The summed E-state index contributed by atoms with van der Waals surface area (Å²) in [5, 5.41) is 0.397. The van der Waals surface area contributed by atoms with E-state index in [1.54, 1.807) is 20.3 Å². The van der Waals surface area contributed by atoms with E-state index in [2.05, 4.69) is 4.98 Å². The number of aromatic nitrogens is 1. The highest BCUT2D eigenvalue weighted by atomic mass is 35.5. The molecule has 1 aromatic rings. The Morgan fingerprint density at radius 2 is 2.12 bits per heavy atom. The summed E-state index contributed by atoms with van der Waals surface area (Å²) in [5.41, 5.74) is 0.941. The molecule has 1 aromatic heterocycles. The van der Waals surface area contributed by atoms with Gasteiger partial charge in [-0.05, 0) is 18.1 Å². The predicted octanol–water partition coefficient (Wildman–Crippen LogP) is 2.82. The lowest BCUT2D eigenvalue weighted by molar-refractivity contribution is -0.0743. The lowest BCUT2D eigenvalue weighted by atomic mass is 10.1. The van der Waals surface area contributed by atoms with Gasteiger partial charge in [-0.3, -0.25) is 0 Å². The molecule has 0 saturated carbocycles. The van der Waals surface area contributed by atoms with Gasteiger partial charge >= 0.3 is 0 Å². The molecular formula is C11H16ClNO3. The monoisotopic (exact) mass is 245 g/mol. The van der Waals surface area contributed by atoms with E-state index in [1.807, 2.05) is 13.0 Å². The van der Waals surface area contributed by atoms with Crippen molar-refractivity contribution in [1.82, 2.24) is 4.98 Å². The molecule has 1 rings (SSSR count). The molecule has 16 heavy (non-hydrogen) atoms. The van der Waals surface area contributed by atoms with E-state index in [9.17, 15) is 0 Å². The molecule has 4 nitrogen and oxygen atoms in total. The van der Waals surface area contributed by atoms with Crippen LogP contribution in [0.2, 0.25) is 5.15 Å². The van der Waals surface area contributed by atoms with Crippen molar-refractivity contribution in [3.05, 3.63) is 22.8 Å². The zero-order valence-corrected chi connectivity index (χ0v) is 10.5. The summed E-state index contributed by atoms with van der Waals surface area (Å²) in [6.07, 6.45) is 0.765. The summed E-state index contributed by atoms with van der Waals surface area (Å²) in [5.74, 6) is 0.488. The van der Waals surface area contributed by atoms with Gasteiger partial charge < -0.3 is 14.2 Å². The summed E-state index contributed by atoms with van der Waals surface area (Å²) < 4.78 is 15.4. The number of halogens is 1. The van der Waals surface area contributed by atoms with Gasteiger partial charge in [-0.2, -0.15) is 0 Å². The van der Waals surface area contributed by atoms with E-state index in [1.165, 1.54) is 0 Å². The number of methoxy groups -OCH3 is 2. The maximum Gasteiger partial charge on any atom is 0.214 e. The van der Waals surface area contributed by atoms with Gasteiger partial charge in [0.25, 0.3) is 0 Å². The normalized spacial score (nSPS) is 12.5. The van der Waals surface area contributed by atoms with Crippen molar-refractivity contribution in [1.29, 1.82) is 0 Å². The van der Waals surface area contributed by atoms with Crippen LogP contribution >= 0.6 is 11.6 Å². The summed E-state index contributed by atoms with van der Waals surface area (Å²) in [6.45, 7) is 2.28. The highest BCUT2D eigenvalue weighted by molar-refractivity contribution is 6.29. The van der Waals surface area contributed by atoms with Gasteiger partial charge in [0, 0.05) is 13.2 Å². The Hall–Kier alpha value is -0.840. The topological polar surface area (TPSA) is 40.6 Å². The molecule has 0 radical (unpaired) electrons. The van der Waals surface area contributed by atoms with Crippen LogP contribution in [0.1, 0.15) is 25.0 Å². The number of hydrogen-bond donors (Lipinski definition) is 0. The Labute approximate surface area is 100 Å². The Bertz CT molecular complexity index is 333. The van der Waals surface area contributed by atoms with Crippen LogP contribution in [0.5, 0.6) is 5.88 Å². The molecule has 1 unspecified atom stereocenters. The first-order chi connectivity index (χ1) is 7.71. The van der Waals surface area contributed by atoms with Crippen LogP contribution in [0.15, 0.2) is 12.1 Å². The zero-order chi connectivity index (χ0) is 12.0. The predicted molar refractivity (Wildman–Crippen MR) is 61.8 cm³/mol. The molecule has 90 valence electrons. The minimum Gasteiger partial charge on any atom is -0.481 e. The van der Waals surface area contributed by atoms with Crippen molar-refractivity contribution >= 4 is 11.6 Å². The summed E-state index contributed by atoms with van der Waals surface area (Å²) >= 11 is 5.89. The van der Waals surface area contributed by atoms with Crippen molar-refractivity contribution in [2.24, 2.45) is 0 Å². The van der Waals surface area contributed by atoms with Crippen molar-refractivity contribution in [3.8, 4) is 5.88 Å². The number of rotatable bonds is 6. The van der Waals surface area contributed by atoms with Gasteiger partial charge in [0.05, 0.1) is 13.2 Å². The fraction of sp³-hybridized carbons (Fsp3) is 0.545. The third-order valence-electron chi connectivity index (χ3n) is 2.13. The van der Waals surface area contributed by atoms with Crippen molar-refractivity contribution < 1.29 is 14.2 Å². The van der Waals surface area contributed by atoms with Crippen molar-refractivity contribution in [2.45, 2.75) is 19.4 Å². The van der Waals surface area contributed by atoms with Crippen LogP contribution in [0.25, 0.3) is 0 Å². The van der Waals surface area contributed by atoms with Crippen molar-refractivity contribution in [2.75, 3.05) is 21.0 Å². The van der Waals surface area contributed by atoms with Gasteiger partial charge in [0.2, 0.25) is 5.88 Å². The highest BCUT2D eigenvalue weighted by Crippen LogP contribution is 2.26. The quantitative estimate of drug-likeness (QED) is 0.571. The second-order valence-electron chi connectivity index (χ2n) is 3.24. The molecule has 0 aliphatic carbocycles. The maximum absolute atomic E-state index is 5.89. The molecule has 0 bridgehead atoms. The molecule has 1 atom stereocenters. The molecule has 0 saturated heterocycles. The first-order valence-corrected chi connectivity index (χ1v) is 5.41. The van der Waals surface area contributed by atoms with Gasteiger partial charge in [-0.1, -0.05) is 18.5 Å². The number of hydrogen-bond acceptors (Lipinski definition) is 4. The van der Waals surface area contributed by atoms with Crippen LogP contribution in [0.3, 0.4) is 0 Å². The summed E-state index contributed by atoms with van der Waals surface area (Å²) in [4.78, 5) is 4.01. The van der Waals surface area contributed by atoms with Crippen LogP contribution < -0.4 is 4.74 Å². The van der Waals surface area contributed by atoms with E-state index in [-0.39, 0.29) is 12.9 Å². The average molecular weight is 246 g/mol. The molecule has 0 fully saturated rings. The number of nitrogens with zero attached hydrogens (tertiary/aromatic N) is 1.